The van der Waals surface area contributed by atoms with Crippen molar-refractivity contribution in [1.82, 2.24) is 10.0 Å². The zero-order chi connectivity index (χ0) is 26.3. The van der Waals surface area contributed by atoms with E-state index in [0.29, 0.717) is 17.5 Å². The molecule has 1 atom stereocenters. The highest BCUT2D eigenvalue weighted by atomic mass is 32.2. The number of amides is 3. The molecule has 0 spiro atoms. The molecule has 3 aromatic carbocycles. The van der Waals surface area contributed by atoms with Gasteiger partial charge in [0, 0.05) is 25.2 Å². The van der Waals surface area contributed by atoms with Gasteiger partial charge in [0.1, 0.15) is 23.4 Å². The third-order valence-corrected chi connectivity index (χ3v) is 5.98. The van der Waals surface area contributed by atoms with Gasteiger partial charge in [0.15, 0.2) is 0 Å². The van der Waals surface area contributed by atoms with Crippen molar-refractivity contribution in [2.24, 2.45) is 0 Å². The summed E-state index contributed by atoms with van der Waals surface area (Å²) in [5, 5.41) is 2.37. The Labute approximate surface area is 207 Å². The number of hydrogen-bond donors (Lipinski definition) is 3. The summed E-state index contributed by atoms with van der Waals surface area (Å²) in [5.74, 6) is -1.94. The number of nitrogens with one attached hydrogen (secondary N) is 3. The molecule has 3 N–H and O–H groups in total. The number of ether oxygens (including phenoxy) is 1. The lowest BCUT2D eigenvalue weighted by Crippen LogP contribution is -2.53. The summed E-state index contributed by atoms with van der Waals surface area (Å²) in [6, 6.07) is 15.1. The van der Waals surface area contributed by atoms with E-state index in [9.17, 15) is 26.8 Å². The number of nitrogens with zero attached hydrogens (tertiary/aromatic N) is 1. The smallest absolute Gasteiger partial charge is 0.330 e. The lowest BCUT2D eigenvalue weighted by molar-refractivity contribution is -0.120. The average Bonchev–Trinajstić information content (AvgIpc) is 2.82. The molecule has 0 saturated carbocycles. The minimum absolute atomic E-state index is 0.0656. The molecule has 0 saturated heterocycles. The maximum atomic E-state index is 13.4. The van der Waals surface area contributed by atoms with Gasteiger partial charge in [-0.3, -0.25) is 9.52 Å². The molecular weight excluding hydrogens is 494 g/mol. The second-order valence-electron chi connectivity index (χ2n) is 7.68. The number of hydrogen-bond acceptors (Lipinski definition) is 5. The van der Waals surface area contributed by atoms with Gasteiger partial charge in [-0.25, -0.2) is 18.3 Å². The Morgan fingerprint density at radius 2 is 1.58 bits per heavy atom. The minimum atomic E-state index is -4.58. The van der Waals surface area contributed by atoms with Crippen LogP contribution in [0, 0.1) is 11.6 Å². The van der Waals surface area contributed by atoms with Gasteiger partial charge >= 0.3 is 16.2 Å². The maximum absolute atomic E-state index is 13.4. The number of anilines is 2. The van der Waals surface area contributed by atoms with E-state index in [1.807, 2.05) is 4.72 Å². The number of carbonyl (C=O) groups is 2. The molecule has 0 aliphatic heterocycles. The molecule has 0 heterocycles. The first-order valence-electron chi connectivity index (χ1n) is 10.6. The summed E-state index contributed by atoms with van der Waals surface area (Å²) in [7, 11) is -1.55. The van der Waals surface area contributed by atoms with Crippen LogP contribution < -0.4 is 24.4 Å². The van der Waals surface area contributed by atoms with Crippen molar-refractivity contribution < 1.29 is 31.5 Å². The van der Waals surface area contributed by atoms with Crippen molar-refractivity contribution in [3.05, 3.63) is 90.0 Å². The molecule has 0 fully saturated rings. The van der Waals surface area contributed by atoms with Gasteiger partial charge in [-0.05, 0) is 42.0 Å². The first-order chi connectivity index (χ1) is 17.1. The summed E-state index contributed by atoms with van der Waals surface area (Å²) in [5.41, 5.74) is 0.808. The second kappa shape index (κ2) is 11.5. The van der Waals surface area contributed by atoms with Crippen molar-refractivity contribution in [2.75, 3.05) is 23.8 Å². The quantitative estimate of drug-likeness (QED) is 0.402. The third-order valence-electron chi connectivity index (χ3n) is 5.02. The molecule has 0 aliphatic carbocycles. The summed E-state index contributed by atoms with van der Waals surface area (Å²) in [6.07, 6.45) is 0.0656. The molecule has 3 amide bonds. The molecule has 0 radical (unpaired) electrons. The minimum Gasteiger partial charge on any atom is -0.497 e. The number of carbonyl (C=O) groups excluding carboxylic acids is 2. The highest BCUT2D eigenvalue weighted by Crippen LogP contribution is 2.19. The summed E-state index contributed by atoms with van der Waals surface area (Å²) < 4.78 is 60.0. The molecule has 190 valence electrons. The lowest BCUT2D eigenvalue weighted by atomic mass is 10.0. The van der Waals surface area contributed by atoms with E-state index in [1.165, 1.54) is 19.1 Å². The highest BCUT2D eigenvalue weighted by molar-refractivity contribution is 7.91. The molecule has 0 aliphatic rings. The van der Waals surface area contributed by atoms with Gasteiger partial charge in [-0.1, -0.05) is 30.3 Å². The fourth-order valence-electron chi connectivity index (χ4n) is 3.32. The molecular formula is C24H24F2N4O5S. The zero-order valence-corrected chi connectivity index (χ0v) is 20.2. The molecule has 12 heteroatoms. The molecule has 1 unspecified atom stereocenters. The van der Waals surface area contributed by atoms with Crippen LogP contribution in [0.5, 0.6) is 5.75 Å². The van der Waals surface area contributed by atoms with E-state index in [1.54, 1.807) is 59.3 Å². The van der Waals surface area contributed by atoms with Gasteiger partial charge < -0.3 is 15.0 Å². The van der Waals surface area contributed by atoms with E-state index < -0.39 is 45.5 Å². The first-order valence-corrected chi connectivity index (χ1v) is 12.1. The van der Waals surface area contributed by atoms with Crippen molar-refractivity contribution in [2.45, 2.75) is 12.5 Å². The fourth-order valence-corrected chi connectivity index (χ4v) is 4.10. The Bertz CT molecular complexity index is 1300. The van der Waals surface area contributed by atoms with Crippen LogP contribution in [-0.2, 0) is 21.4 Å². The third kappa shape index (κ3) is 7.40. The summed E-state index contributed by atoms with van der Waals surface area (Å²) >= 11 is 0. The van der Waals surface area contributed by atoms with Crippen LogP contribution in [0.4, 0.5) is 25.0 Å². The zero-order valence-electron chi connectivity index (χ0n) is 19.4. The SMILES string of the molecule is COc1ccc(N(C)C(=O)C(Cc2ccccc2)NC(=O)NS(=O)(=O)Nc2cc(F)cc(F)c2)cc1. The topological polar surface area (TPSA) is 117 Å². The first kappa shape index (κ1) is 26.4. The number of benzene rings is 3. The monoisotopic (exact) mass is 518 g/mol. The van der Waals surface area contributed by atoms with Crippen LogP contribution in [0.25, 0.3) is 0 Å². The van der Waals surface area contributed by atoms with Crippen LogP contribution in [0.1, 0.15) is 5.56 Å². The molecule has 3 aromatic rings. The molecule has 3 rings (SSSR count). The van der Waals surface area contributed by atoms with E-state index in [-0.39, 0.29) is 6.42 Å². The van der Waals surface area contributed by atoms with Crippen LogP contribution >= 0.6 is 0 Å². The Hall–Kier alpha value is -4.19. The predicted molar refractivity (Wildman–Crippen MR) is 131 cm³/mol. The van der Waals surface area contributed by atoms with Crippen molar-refractivity contribution in [3.63, 3.8) is 0 Å². The van der Waals surface area contributed by atoms with Gasteiger partial charge in [0.25, 0.3) is 0 Å². The van der Waals surface area contributed by atoms with E-state index >= 15 is 0 Å². The number of rotatable bonds is 9. The van der Waals surface area contributed by atoms with Crippen LogP contribution in [0.15, 0.2) is 72.8 Å². The number of methoxy groups -OCH3 is 1. The Morgan fingerprint density at radius 1 is 0.972 bits per heavy atom. The lowest BCUT2D eigenvalue weighted by Gasteiger charge is -2.25. The number of urea groups is 1. The Balaban J connectivity index is 1.76. The van der Waals surface area contributed by atoms with E-state index in [0.717, 1.165) is 17.7 Å². The molecule has 0 bridgehead atoms. The van der Waals surface area contributed by atoms with Gasteiger partial charge in [-0.2, -0.15) is 8.42 Å². The highest BCUT2D eigenvalue weighted by Gasteiger charge is 2.27. The number of halogens is 2. The van der Waals surface area contributed by atoms with Crippen LogP contribution in [0.2, 0.25) is 0 Å². The molecule has 9 nitrogen and oxygen atoms in total. The predicted octanol–water partition coefficient (Wildman–Crippen LogP) is 3.20. The Morgan fingerprint density at radius 3 is 2.17 bits per heavy atom. The number of likely N-dealkylation sites (N-methyl/N-ethyl adjacent to an activating group) is 1. The van der Waals surface area contributed by atoms with Gasteiger partial charge in [-0.15, -0.1) is 0 Å². The molecule has 36 heavy (non-hydrogen) atoms. The van der Waals surface area contributed by atoms with Crippen LogP contribution in [-0.4, -0.2) is 40.6 Å². The maximum Gasteiger partial charge on any atom is 0.330 e. The fraction of sp³-hybridized carbons (Fsp3) is 0.167. The van der Waals surface area contributed by atoms with Gasteiger partial charge in [0.2, 0.25) is 5.91 Å². The van der Waals surface area contributed by atoms with Crippen LogP contribution in [0.3, 0.4) is 0 Å². The van der Waals surface area contributed by atoms with E-state index in [4.69, 9.17) is 4.74 Å². The average molecular weight is 519 g/mol. The van der Waals surface area contributed by atoms with Crippen molar-refractivity contribution in [1.29, 1.82) is 0 Å². The second-order valence-corrected chi connectivity index (χ2v) is 9.09. The largest absolute Gasteiger partial charge is 0.497 e. The summed E-state index contributed by atoms with van der Waals surface area (Å²) in [4.78, 5) is 27.1. The normalized spacial score (nSPS) is 11.8. The summed E-state index contributed by atoms with van der Waals surface area (Å²) in [6.45, 7) is 0. The van der Waals surface area contributed by atoms with E-state index in [2.05, 4.69) is 5.32 Å². The standard InChI is InChI=1S/C24H24F2N4O5S/c1-30(20-8-10-21(35-2)11-9-20)23(31)22(12-16-6-4-3-5-7-16)27-24(32)29-36(33,34)28-19-14-17(25)13-18(26)15-19/h3-11,13-15,22,28H,12H2,1-2H3,(H2,27,29,32). The Kier molecular flexibility index (Phi) is 8.43. The van der Waals surface area contributed by atoms with Gasteiger partial charge in [0.05, 0.1) is 12.8 Å². The van der Waals surface area contributed by atoms with Crippen molar-refractivity contribution in [3.8, 4) is 5.75 Å². The van der Waals surface area contributed by atoms with Crippen molar-refractivity contribution >= 4 is 33.5 Å². The molecule has 0 aromatic heterocycles.